The molecular formula is C14H11FN2. The molecule has 0 radical (unpaired) electrons. The Bertz CT molecular complexity index is 544. The first-order valence-electron chi connectivity index (χ1n) is 5.27. The SMILES string of the molecule is N#Cc1cc(F)ccc1NCc1ccccc1. The van der Waals surface area contributed by atoms with E-state index in [4.69, 9.17) is 5.26 Å². The molecule has 17 heavy (non-hydrogen) atoms. The number of nitrogens with one attached hydrogen (secondary N) is 1. The maximum Gasteiger partial charge on any atom is 0.124 e. The molecule has 0 bridgehead atoms. The molecule has 0 heterocycles. The number of anilines is 1. The lowest BCUT2D eigenvalue weighted by atomic mass is 10.1. The van der Waals surface area contributed by atoms with Gasteiger partial charge in [0.05, 0.1) is 11.3 Å². The molecule has 0 aliphatic heterocycles. The topological polar surface area (TPSA) is 35.8 Å². The van der Waals surface area contributed by atoms with E-state index < -0.39 is 5.82 Å². The molecule has 2 aromatic rings. The van der Waals surface area contributed by atoms with Gasteiger partial charge in [-0.25, -0.2) is 4.39 Å². The van der Waals surface area contributed by atoms with E-state index in [2.05, 4.69) is 5.32 Å². The Morgan fingerprint density at radius 3 is 2.59 bits per heavy atom. The van der Waals surface area contributed by atoms with Gasteiger partial charge in [-0.3, -0.25) is 0 Å². The summed E-state index contributed by atoms with van der Waals surface area (Å²) in [5, 5.41) is 12.0. The fraction of sp³-hybridized carbons (Fsp3) is 0.0714. The molecule has 0 fully saturated rings. The minimum Gasteiger partial charge on any atom is -0.380 e. The zero-order valence-corrected chi connectivity index (χ0v) is 9.15. The van der Waals surface area contributed by atoms with Gasteiger partial charge in [0.25, 0.3) is 0 Å². The second-order valence-corrected chi connectivity index (χ2v) is 3.64. The zero-order valence-electron chi connectivity index (χ0n) is 9.15. The highest BCUT2D eigenvalue weighted by atomic mass is 19.1. The van der Waals surface area contributed by atoms with Crippen molar-refractivity contribution in [3.05, 3.63) is 65.5 Å². The second kappa shape index (κ2) is 5.13. The number of rotatable bonds is 3. The molecule has 2 aromatic carbocycles. The molecule has 0 atom stereocenters. The van der Waals surface area contributed by atoms with Crippen LogP contribution in [-0.4, -0.2) is 0 Å². The Morgan fingerprint density at radius 1 is 1.12 bits per heavy atom. The first kappa shape index (κ1) is 11.2. The zero-order chi connectivity index (χ0) is 12.1. The number of hydrogen-bond donors (Lipinski definition) is 1. The predicted octanol–water partition coefficient (Wildman–Crippen LogP) is 3.31. The average Bonchev–Trinajstić information content (AvgIpc) is 2.38. The lowest BCUT2D eigenvalue weighted by Gasteiger charge is -2.08. The van der Waals surface area contributed by atoms with Gasteiger partial charge in [0.2, 0.25) is 0 Å². The number of halogens is 1. The number of nitriles is 1. The van der Waals surface area contributed by atoms with Crippen LogP contribution in [0.15, 0.2) is 48.5 Å². The van der Waals surface area contributed by atoms with Crippen LogP contribution in [-0.2, 0) is 6.54 Å². The first-order valence-corrected chi connectivity index (χ1v) is 5.27. The van der Waals surface area contributed by atoms with Gasteiger partial charge in [-0.15, -0.1) is 0 Å². The molecule has 2 rings (SSSR count). The molecule has 0 aliphatic rings. The van der Waals surface area contributed by atoms with Crippen LogP contribution in [0, 0.1) is 17.1 Å². The van der Waals surface area contributed by atoms with Gasteiger partial charge in [-0.2, -0.15) is 5.26 Å². The van der Waals surface area contributed by atoms with Crippen LogP contribution in [0.25, 0.3) is 0 Å². The highest BCUT2D eigenvalue weighted by Gasteiger charge is 2.02. The second-order valence-electron chi connectivity index (χ2n) is 3.64. The maximum atomic E-state index is 12.9. The van der Waals surface area contributed by atoms with Gasteiger partial charge < -0.3 is 5.32 Å². The van der Waals surface area contributed by atoms with Crippen molar-refractivity contribution in [2.75, 3.05) is 5.32 Å². The molecule has 0 saturated carbocycles. The number of hydrogen-bond acceptors (Lipinski definition) is 2. The van der Waals surface area contributed by atoms with Crippen molar-refractivity contribution >= 4 is 5.69 Å². The van der Waals surface area contributed by atoms with Crippen LogP contribution < -0.4 is 5.32 Å². The van der Waals surface area contributed by atoms with Crippen LogP contribution >= 0.6 is 0 Å². The minimum atomic E-state index is -0.396. The van der Waals surface area contributed by atoms with E-state index in [-0.39, 0.29) is 0 Å². The molecule has 0 saturated heterocycles. The van der Waals surface area contributed by atoms with Crippen LogP contribution in [0.4, 0.5) is 10.1 Å². The Hall–Kier alpha value is -2.34. The molecule has 0 amide bonds. The van der Waals surface area contributed by atoms with Crippen molar-refractivity contribution in [3.63, 3.8) is 0 Å². The first-order chi connectivity index (χ1) is 8.29. The summed E-state index contributed by atoms with van der Waals surface area (Å²) in [6.07, 6.45) is 0. The summed E-state index contributed by atoms with van der Waals surface area (Å²) in [5.41, 5.74) is 2.08. The van der Waals surface area contributed by atoms with Gasteiger partial charge in [-0.1, -0.05) is 30.3 Å². The largest absolute Gasteiger partial charge is 0.380 e. The highest BCUT2D eigenvalue weighted by molar-refractivity contribution is 5.57. The van der Waals surface area contributed by atoms with Crippen LogP contribution in [0.5, 0.6) is 0 Å². The average molecular weight is 226 g/mol. The molecule has 3 heteroatoms. The lowest BCUT2D eigenvalue weighted by molar-refractivity contribution is 0.627. The monoisotopic (exact) mass is 226 g/mol. The summed E-state index contributed by atoms with van der Waals surface area (Å²) < 4.78 is 12.9. The van der Waals surface area contributed by atoms with Crippen molar-refractivity contribution in [1.82, 2.24) is 0 Å². The van der Waals surface area contributed by atoms with Crippen LogP contribution in [0.3, 0.4) is 0 Å². The molecule has 0 spiro atoms. The van der Waals surface area contributed by atoms with E-state index in [0.29, 0.717) is 17.8 Å². The predicted molar refractivity (Wildman–Crippen MR) is 64.9 cm³/mol. The van der Waals surface area contributed by atoms with Crippen molar-refractivity contribution in [2.45, 2.75) is 6.54 Å². The van der Waals surface area contributed by atoms with E-state index in [1.807, 2.05) is 36.4 Å². The fourth-order valence-electron chi connectivity index (χ4n) is 1.56. The molecular weight excluding hydrogens is 215 g/mol. The Morgan fingerprint density at radius 2 is 1.88 bits per heavy atom. The van der Waals surface area contributed by atoms with Gasteiger partial charge in [-0.05, 0) is 23.8 Å². The standard InChI is InChI=1S/C14H11FN2/c15-13-6-7-14(12(8-13)9-16)17-10-11-4-2-1-3-5-11/h1-8,17H,10H2. The normalized spacial score (nSPS) is 9.65. The summed E-state index contributed by atoms with van der Waals surface area (Å²) in [6, 6.07) is 15.9. The molecule has 0 aliphatic carbocycles. The number of benzene rings is 2. The fourth-order valence-corrected chi connectivity index (χ4v) is 1.56. The van der Waals surface area contributed by atoms with Crippen LogP contribution in [0.1, 0.15) is 11.1 Å². The van der Waals surface area contributed by atoms with Crippen molar-refractivity contribution in [2.24, 2.45) is 0 Å². The smallest absolute Gasteiger partial charge is 0.124 e. The van der Waals surface area contributed by atoms with Gasteiger partial charge >= 0.3 is 0 Å². The van der Waals surface area contributed by atoms with Crippen molar-refractivity contribution < 1.29 is 4.39 Å². The minimum absolute atomic E-state index is 0.320. The molecule has 84 valence electrons. The molecule has 0 aromatic heterocycles. The highest BCUT2D eigenvalue weighted by Crippen LogP contribution is 2.16. The van der Waals surface area contributed by atoms with Crippen LogP contribution in [0.2, 0.25) is 0 Å². The summed E-state index contributed by atoms with van der Waals surface area (Å²) in [6.45, 7) is 0.612. The Labute approximate surface area is 99.3 Å². The summed E-state index contributed by atoms with van der Waals surface area (Å²) >= 11 is 0. The molecule has 0 unspecified atom stereocenters. The van der Waals surface area contributed by atoms with Gasteiger partial charge in [0.1, 0.15) is 11.9 Å². The summed E-state index contributed by atoms with van der Waals surface area (Å²) in [4.78, 5) is 0. The third-order valence-electron chi connectivity index (χ3n) is 2.43. The van der Waals surface area contributed by atoms with Gasteiger partial charge in [0.15, 0.2) is 0 Å². The van der Waals surface area contributed by atoms with Crippen molar-refractivity contribution in [1.29, 1.82) is 5.26 Å². The third-order valence-corrected chi connectivity index (χ3v) is 2.43. The van der Waals surface area contributed by atoms with Crippen molar-refractivity contribution in [3.8, 4) is 6.07 Å². The van der Waals surface area contributed by atoms with E-state index >= 15 is 0 Å². The lowest BCUT2D eigenvalue weighted by Crippen LogP contribution is -2.01. The molecule has 2 nitrogen and oxygen atoms in total. The van der Waals surface area contributed by atoms with E-state index in [9.17, 15) is 4.39 Å². The quantitative estimate of drug-likeness (QED) is 0.871. The Balaban J connectivity index is 2.12. The number of nitrogens with zero attached hydrogens (tertiary/aromatic N) is 1. The Kier molecular flexibility index (Phi) is 3.37. The third kappa shape index (κ3) is 2.82. The van der Waals surface area contributed by atoms with E-state index in [1.54, 1.807) is 6.07 Å². The van der Waals surface area contributed by atoms with E-state index in [0.717, 1.165) is 5.56 Å². The summed E-state index contributed by atoms with van der Waals surface area (Å²) in [5.74, 6) is -0.396. The van der Waals surface area contributed by atoms with Gasteiger partial charge in [0, 0.05) is 6.54 Å². The van der Waals surface area contributed by atoms with E-state index in [1.165, 1.54) is 12.1 Å². The maximum absolute atomic E-state index is 12.9. The summed E-state index contributed by atoms with van der Waals surface area (Å²) in [7, 11) is 0. The molecule has 1 N–H and O–H groups in total.